The minimum Gasteiger partial charge on any atom is -0.484 e. The van der Waals surface area contributed by atoms with Gasteiger partial charge in [-0.25, -0.2) is 9.18 Å². The number of amides is 1. The molecule has 0 saturated heterocycles. The number of carbonyl (C=O) groups excluding carboxylic acids is 2. The second-order valence-corrected chi connectivity index (χ2v) is 11.7. The predicted molar refractivity (Wildman–Crippen MR) is 145 cm³/mol. The molecule has 1 aliphatic heterocycles. The van der Waals surface area contributed by atoms with Gasteiger partial charge in [-0.3, -0.25) is 4.90 Å². The molecule has 3 rings (SSSR count). The summed E-state index contributed by atoms with van der Waals surface area (Å²) < 4.78 is 33.5. The zero-order valence-electron chi connectivity index (χ0n) is 23.8. The summed E-state index contributed by atoms with van der Waals surface area (Å²) in [5.74, 6) is -0.152. The van der Waals surface area contributed by atoms with Crippen molar-refractivity contribution >= 4 is 17.8 Å². The van der Waals surface area contributed by atoms with E-state index < -0.39 is 23.3 Å². The molecule has 0 spiro atoms. The first-order valence-electron chi connectivity index (χ1n) is 12.9. The lowest BCUT2D eigenvalue weighted by Gasteiger charge is -2.30. The molecule has 1 heterocycles. The molecule has 1 aliphatic rings. The molecule has 0 unspecified atom stereocenters. The maximum absolute atomic E-state index is 14.5. The van der Waals surface area contributed by atoms with Gasteiger partial charge in [0.1, 0.15) is 28.9 Å². The monoisotopic (exact) mass is 527 g/mol. The Kier molecular flexibility index (Phi) is 8.97. The highest BCUT2D eigenvalue weighted by molar-refractivity contribution is 5.89. The van der Waals surface area contributed by atoms with Gasteiger partial charge in [0, 0.05) is 13.5 Å². The van der Waals surface area contributed by atoms with E-state index in [4.69, 9.17) is 14.2 Å². The molecular weight excluding hydrogens is 487 g/mol. The van der Waals surface area contributed by atoms with Crippen molar-refractivity contribution in [3.8, 4) is 5.75 Å². The maximum atomic E-state index is 14.5. The Balaban J connectivity index is 1.78. The van der Waals surface area contributed by atoms with Crippen LogP contribution in [0.5, 0.6) is 5.75 Å². The van der Waals surface area contributed by atoms with Crippen LogP contribution in [-0.2, 0) is 9.47 Å². The van der Waals surface area contributed by atoms with Crippen LogP contribution in [0.15, 0.2) is 42.5 Å². The van der Waals surface area contributed by atoms with Crippen molar-refractivity contribution in [3.63, 3.8) is 0 Å². The molecule has 206 valence electrons. The number of esters is 1. The Hall–Kier alpha value is -3.26. The van der Waals surface area contributed by atoms with E-state index in [9.17, 15) is 14.0 Å². The molecule has 0 saturated carbocycles. The molecule has 0 aromatic heterocycles. The highest BCUT2D eigenvalue weighted by atomic mass is 19.1. The summed E-state index contributed by atoms with van der Waals surface area (Å²) in [5, 5.41) is 0. The molecular formula is C30H40FN2O5+. The van der Waals surface area contributed by atoms with E-state index in [-0.39, 0.29) is 11.9 Å². The number of hydrogen-bond acceptors (Lipinski definition) is 6. The third-order valence-electron chi connectivity index (χ3n) is 5.93. The summed E-state index contributed by atoms with van der Waals surface area (Å²) in [6.07, 6.45) is -0.827. The lowest BCUT2D eigenvalue weighted by Crippen LogP contribution is -2.48. The zero-order valence-corrected chi connectivity index (χ0v) is 23.8. The molecule has 1 amide bonds. The standard InChI is InChI=1S/C30H40FN2O5/c1-20-9-10-23(17-25(20)31)26(36-24-13-11-22(12-14-24)27(34)37-29(3,4)5)19-32-15-16-33(21(2)18-32)28(35)38-30(6,7)8/h9-14,17,26H,15-16,18-19H2,1-8H3/q+1/t26-/m0/s1. The van der Waals surface area contributed by atoms with Gasteiger partial charge in [-0.05, 0) is 89.9 Å². The van der Waals surface area contributed by atoms with Crippen molar-refractivity contribution < 1.29 is 32.8 Å². The summed E-state index contributed by atoms with van der Waals surface area (Å²) >= 11 is 0. The lowest BCUT2D eigenvalue weighted by molar-refractivity contribution is -0.458. The first-order chi connectivity index (χ1) is 17.6. The van der Waals surface area contributed by atoms with E-state index >= 15 is 0 Å². The van der Waals surface area contributed by atoms with Gasteiger partial charge in [-0.15, -0.1) is 4.58 Å². The summed E-state index contributed by atoms with van der Waals surface area (Å²) in [6, 6.07) is 11.9. The van der Waals surface area contributed by atoms with Crippen molar-refractivity contribution in [1.82, 2.24) is 4.90 Å². The first kappa shape index (κ1) is 29.3. The van der Waals surface area contributed by atoms with Gasteiger partial charge in [0.2, 0.25) is 0 Å². The summed E-state index contributed by atoms with van der Waals surface area (Å²) in [6.45, 7) is 16.8. The number of rotatable bonds is 6. The number of halogens is 1. The molecule has 0 bridgehead atoms. The number of nitrogens with zero attached hydrogens (tertiary/aromatic N) is 2. The predicted octanol–water partition coefficient (Wildman–Crippen LogP) is 5.93. The lowest BCUT2D eigenvalue weighted by atomic mass is 10.1. The second-order valence-electron chi connectivity index (χ2n) is 11.7. The molecule has 0 radical (unpaired) electrons. The van der Waals surface area contributed by atoms with E-state index in [1.54, 1.807) is 41.8 Å². The van der Waals surface area contributed by atoms with Crippen molar-refractivity contribution in [2.75, 3.05) is 26.2 Å². The molecule has 0 fully saturated rings. The van der Waals surface area contributed by atoms with Crippen LogP contribution in [0.25, 0.3) is 0 Å². The van der Waals surface area contributed by atoms with Gasteiger partial charge in [0.15, 0.2) is 12.3 Å². The van der Waals surface area contributed by atoms with E-state index in [1.807, 2.05) is 54.5 Å². The van der Waals surface area contributed by atoms with E-state index in [0.29, 0.717) is 48.6 Å². The van der Waals surface area contributed by atoms with Gasteiger partial charge in [-0.1, -0.05) is 12.1 Å². The highest BCUT2D eigenvalue weighted by Crippen LogP contribution is 2.26. The SMILES string of the molecule is CC1=[N+](C(=O)OC(C)(C)C)CCN(C[C@H](Oc2ccc(C(=O)OC(C)(C)C)cc2)c2ccc(C)c(F)c2)C1. The topological polar surface area (TPSA) is 68.1 Å². The van der Waals surface area contributed by atoms with Crippen molar-refractivity contribution in [1.29, 1.82) is 0 Å². The molecule has 0 aliphatic carbocycles. The quantitative estimate of drug-likeness (QED) is 0.343. The average molecular weight is 528 g/mol. The van der Waals surface area contributed by atoms with Crippen LogP contribution in [0.1, 0.15) is 76.1 Å². The van der Waals surface area contributed by atoms with E-state index in [2.05, 4.69) is 4.90 Å². The molecule has 38 heavy (non-hydrogen) atoms. The Morgan fingerprint density at radius 3 is 2.16 bits per heavy atom. The van der Waals surface area contributed by atoms with Crippen molar-refractivity contribution in [2.24, 2.45) is 0 Å². The Morgan fingerprint density at radius 1 is 0.974 bits per heavy atom. The highest BCUT2D eigenvalue weighted by Gasteiger charge is 2.33. The van der Waals surface area contributed by atoms with E-state index in [0.717, 1.165) is 5.71 Å². The first-order valence-corrected chi connectivity index (χ1v) is 12.9. The van der Waals surface area contributed by atoms with Crippen LogP contribution in [0.2, 0.25) is 0 Å². The van der Waals surface area contributed by atoms with Crippen LogP contribution < -0.4 is 4.74 Å². The molecule has 1 atom stereocenters. The third kappa shape index (κ3) is 8.38. The summed E-state index contributed by atoms with van der Waals surface area (Å²) in [7, 11) is 0. The normalized spacial score (nSPS) is 15.7. The Bertz CT molecular complexity index is 1190. The summed E-state index contributed by atoms with van der Waals surface area (Å²) in [5.41, 5.74) is 1.41. The number of aryl methyl sites for hydroxylation is 1. The summed E-state index contributed by atoms with van der Waals surface area (Å²) in [4.78, 5) is 27.2. The fourth-order valence-corrected chi connectivity index (χ4v) is 4.07. The van der Waals surface area contributed by atoms with Gasteiger partial charge in [0.25, 0.3) is 0 Å². The van der Waals surface area contributed by atoms with Crippen LogP contribution in [0, 0.1) is 12.7 Å². The molecule has 7 nitrogen and oxygen atoms in total. The fourth-order valence-electron chi connectivity index (χ4n) is 4.07. The van der Waals surface area contributed by atoms with Crippen LogP contribution in [0.4, 0.5) is 9.18 Å². The Morgan fingerprint density at radius 2 is 1.61 bits per heavy atom. The number of hydrogen-bond donors (Lipinski definition) is 0. The fraction of sp³-hybridized carbons (Fsp3) is 0.500. The minimum absolute atomic E-state index is 0.297. The van der Waals surface area contributed by atoms with Gasteiger partial charge >= 0.3 is 12.1 Å². The van der Waals surface area contributed by atoms with E-state index in [1.165, 1.54) is 6.07 Å². The van der Waals surface area contributed by atoms with Gasteiger partial charge in [0.05, 0.1) is 18.7 Å². The number of ether oxygens (including phenoxy) is 3. The number of carbonyl (C=O) groups is 2. The second kappa shape index (κ2) is 11.6. The van der Waals surface area contributed by atoms with Crippen LogP contribution in [-0.4, -0.2) is 64.6 Å². The van der Waals surface area contributed by atoms with Crippen LogP contribution in [0.3, 0.4) is 0 Å². The molecule has 2 aromatic carbocycles. The van der Waals surface area contributed by atoms with Crippen molar-refractivity contribution in [3.05, 3.63) is 65.0 Å². The Labute approximate surface area is 225 Å². The van der Waals surface area contributed by atoms with Crippen LogP contribution >= 0.6 is 0 Å². The average Bonchev–Trinajstić information content (AvgIpc) is 2.78. The maximum Gasteiger partial charge on any atom is 0.596 e. The largest absolute Gasteiger partial charge is 0.596 e. The minimum atomic E-state index is -0.588. The van der Waals surface area contributed by atoms with Gasteiger partial charge in [-0.2, -0.15) is 4.79 Å². The number of benzene rings is 2. The molecule has 2 aromatic rings. The molecule has 0 N–H and O–H groups in total. The molecule has 8 heteroatoms. The third-order valence-corrected chi connectivity index (χ3v) is 5.93. The van der Waals surface area contributed by atoms with Crippen molar-refractivity contribution in [2.45, 2.75) is 72.7 Å². The zero-order chi connectivity index (χ0) is 28.3. The van der Waals surface area contributed by atoms with Gasteiger partial charge < -0.3 is 14.2 Å². The smallest absolute Gasteiger partial charge is 0.484 e.